The number of aromatic nitrogens is 2. The molecular weight excluding hydrogens is 248 g/mol. The van der Waals surface area contributed by atoms with Crippen molar-refractivity contribution in [2.45, 2.75) is 0 Å². The minimum Gasteiger partial charge on any atom is -0.326 e. The molecule has 84 valence electrons. The van der Waals surface area contributed by atoms with Crippen LogP contribution in [-0.4, -0.2) is 9.55 Å². The maximum Gasteiger partial charge on any atom is 0.161 e. The van der Waals surface area contributed by atoms with Gasteiger partial charge in [0.2, 0.25) is 0 Å². The fraction of sp³-hybridized carbons (Fsp3) is 0.0769. The molecule has 0 unspecified atom stereocenters. The number of rotatable bonds is 1. The van der Waals surface area contributed by atoms with Crippen molar-refractivity contribution in [2.75, 3.05) is 0 Å². The summed E-state index contributed by atoms with van der Waals surface area (Å²) < 4.78 is 4.15. The second-order valence-corrected chi connectivity index (χ2v) is 5.50. The van der Waals surface area contributed by atoms with E-state index in [2.05, 4.69) is 23.2 Å². The molecule has 2 heterocycles. The summed E-state index contributed by atoms with van der Waals surface area (Å²) in [6.45, 7) is 0. The van der Waals surface area contributed by atoms with Crippen LogP contribution in [0.5, 0.6) is 0 Å². The monoisotopic (exact) mass is 258 g/mol. The predicted octanol–water partition coefficient (Wildman–Crippen LogP) is 4.03. The van der Waals surface area contributed by atoms with Crippen LogP contribution in [0.3, 0.4) is 0 Å². The Balaban J connectivity index is 2.24. The lowest BCUT2D eigenvalue weighted by atomic mass is 10.1. The highest BCUT2D eigenvalue weighted by Crippen LogP contribution is 2.27. The zero-order valence-corrected chi connectivity index (χ0v) is 10.9. The van der Waals surface area contributed by atoms with E-state index >= 15 is 0 Å². The summed E-state index contributed by atoms with van der Waals surface area (Å²) in [4.78, 5) is 4.36. The van der Waals surface area contributed by atoms with E-state index in [1.54, 1.807) is 11.3 Å². The molecule has 0 N–H and O–H groups in total. The summed E-state index contributed by atoms with van der Waals surface area (Å²) in [5.41, 5.74) is 3.31. The first-order valence-corrected chi connectivity index (χ1v) is 6.49. The minimum atomic E-state index is 0.901. The molecule has 0 aliphatic rings. The molecule has 2 aromatic heterocycles. The van der Waals surface area contributed by atoms with E-state index in [-0.39, 0.29) is 0 Å². The van der Waals surface area contributed by atoms with Crippen LogP contribution in [0.4, 0.5) is 0 Å². The lowest BCUT2D eigenvalue weighted by Crippen LogP contribution is -1.86. The normalized spacial score (nSPS) is 10.9. The quantitative estimate of drug-likeness (QED) is 0.613. The van der Waals surface area contributed by atoms with Crippen molar-refractivity contribution >= 4 is 33.8 Å². The van der Waals surface area contributed by atoms with Crippen molar-refractivity contribution in [2.24, 2.45) is 7.05 Å². The number of pyridine rings is 1. The van der Waals surface area contributed by atoms with E-state index in [0.717, 1.165) is 15.2 Å². The highest BCUT2D eigenvalue weighted by Gasteiger charge is 2.04. The molecule has 3 aromatic rings. The Morgan fingerprint density at radius 3 is 2.88 bits per heavy atom. The highest BCUT2D eigenvalue weighted by atomic mass is 32.1. The average molecular weight is 258 g/mol. The van der Waals surface area contributed by atoms with Crippen molar-refractivity contribution in [3.8, 4) is 11.3 Å². The highest BCUT2D eigenvalue weighted by molar-refractivity contribution is 7.73. The van der Waals surface area contributed by atoms with Crippen LogP contribution >= 0.6 is 23.6 Å². The maximum atomic E-state index is 5.28. The number of hydrogen-bond acceptors (Lipinski definition) is 3. The van der Waals surface area contributed by atoms with Gasteiger partial charge in [0, 0.05) is 18.8 Å². The van der Waals surface area contributed by atoms with Crippen LogP contribution in [0, 0.1) is 3.95 Å². The number of benzene rings is 1. The summed E-state index contributed by atoms with van der Waals surface area (Å²) in [5, 5.41) is 0. The molecule has 17 heavy (non-hydrogen) atoms. The minimum absolute atomic E-state index is 0.901. The average Bonchev–Trinajstić information content (AvgIpc) is 2.66. The fourth-order valence-electron chi connectivity index (χ4n) is 1.83. The molecule has 0 saturated heterocycles. The molecule has 0 aliphatic heterocycles. The second kappa shape index (κ2) is 4.05. The lowest BCUT2D eigenvalue weighted by molar-refractivity contribution is 0.964. The van der Waals surface area contributed by atoms with Crippen molar-refractivity contribution in [1.82, 2.24) is 9.55 Å². The van der Waals surface area contributed by atoms with Gasteiger partial charge in [-0.05, 0) is 36.5 Å². The Labute approximate surface area is 108 Å². The number of fused-ring (bicyclic) bond motifs is 1. The number of thiazole rings is 1. The van der Waals surface area contributed by atoms with Crippen LogP contribution in [0.15, 0.2) is 42.6 Å². The van der Waals surface area contributed by atoms with E-state index in [4.69, 9.17) is 12.2 Å². The molecule has 3 rings (SSSR count). The maximum absolute atomic E-state index is 5.28. The van der Waals surface area contributed by atoms with Gasteiger partial charge in [0.05, 0.1) is 15.9 Å². The van der Waals surface area contributed by atoms with Crippen LogP contribution in [0.25, 0.3) is 21.5 Å². The fourth-order valence-corrected chi connectivity index (χ4v) is 3.11. The first-order valence-electron chi connectivity index (χ1n) is 5.27. The van der Waals surface area contributed by atoms with Crippen LogP contribution in [-0.2, 0) is 7.05 Å². The van der Waals surface area contributed by atoms with Crippen molar-refractivity contribution in [1.29, 1.82) is 0 Å². The van der Waals surface area contributed by atoms with E-state index in [1.165, 1.54) is 10.2 Å². The molecule has 0 fully saturated rings. The lowest BCUT2D eigenvalue weighted by Gasteiger charge is -2.00. The molecule has 0 amide bonds. The van der Waals surface area contributed by atoms with Crippen molar-refractivity contribution in [3.63, 3.8) is 0 Å². The van der Waals surface area contributed by atoms with Gasteiger partial charge in [0.25, 0.3) is 0 Å². The topological polar surface area (TPSA) is 17.8 Å². The largest absolute Gasteiger partial charge is 0.326 e. The standard InChI is InChI=1S/C13H10N2S2/c1-15-11-6-5-9(8-12(11)17-13(15)16)10-4-2-3-7-14-10/h2-8H,1H3. The third-order valence-corrected chi connectivity index (χ3v) is 4.27. The third kappa shape index (κ3) is 1.79. The molecule has 1 aromatic carbocycles. The summed E-state index contributed by atoms with van der Waals surface area (Å²) >= 11 is 6.92. The Hall–Kier alpha value is -1.52. The smallest absolute Gasteiger partial charge is 0.161 e. The zero-order valence-electron chi connectivity index (χ0n) is 9.25. The van der Waals surface area contributed by atoms with E-state index < -0.39 is 0 Å². The SMILES string of the molecule is Cn1c(=S)sc2cc(-c3ccccn3)ccc21. The molecule has 0 saturated carbocycles. The molecule has 2 nitrogen and oxygen atoms in total. The molecule has 0 aliphatic carbocycles. The van der Waals surface area contributed by atoms with Gasteiger partial charge in [-0.25, -0.2) is 0 Å². The van der Waals surface area contributed by atoms with Gasteiger partial charge >= 0.3 is 0 Å². The Kier molecular flexibility index (Phi) is 2.53. The van der Waals surface area contributed by atoms with Crippen molar-refractivity contribution in [3.05, 3.63) is 46.5 Å². The number of aryl methyl sites for hydroxylation is 1. The summed E-state index contributed by atoms with van der Waals surface area (Å²) in [7, 11) is 2.00. The number of hydrogen-bond donors (Lipinski definition) is 0. The van der Waals surface area contributed by atoms with E-state index in [1.807, 2.05) is 36.0 Å². The van der Waals surface area contributed by atoms with Gasteiger partial charge in [0.1, 0.15) is 0 Å². The zero-order chi connectivity index (χ0) is 11.8. The van der Waals surface area contributed by atoms with Crippen LogP contribution in [0.2, 0.25) is 0 Å². The molecular formula is C13H10N2S2. The van der Waals surface area contributed by atoms with Gasteiger partial charge in [-0.3, -0.25) is 4.98 Å². The third-order valence-electron chi connectivity index (χ3n) is 2.75. The molecule has 0 spiro atoms. The molecule has 0 atom stereocenters. The van der Waals surface area contributed by atoms with Gasteiger partial charge in [-0.1, -0.05) is 12.1 Å². The summed E-state index contributed by atoms with van der Waals surface area (Å²) in [6.07, 6.45) is 1.81. The molecule has 0 bridgehead atoms. The first-order chi connectivity index (χ1) is 8.25. The van der Waals surface area contributed by atoms with E-state index in [0.29, 0.717) is 0 Å². The second-order valence-electron chi connectivity index (χ2n) is 3.82. The Bertz CT molecular complexity index is 726. The van der Waals surface area contributed by atoms with Crippen molar-refractivity contribution < 1.29 is 0 Å². The van der Waals surface area contributed by atoms with Gasteiger partial charge in [0.15, 0.2) is 3.95 Å². The number of nitrogens with zero attached hydrogens (tertiary/aromatic N) is 2. The Morgan fingerprint density at radius 1 is 1.24 bits per heavy atom. The van der Waals surface area contributed by atoms with Gasteiger partial charge < -0.3 is 4.57 Å². The van der Waals surface area contributed by atoms with Gasteiger partial charge in [-0.15, -0.1) is 11.3 Å². The molecule has 4 heteroatoms. The van der Waals surface area contributed by atoms with Crippen LogP contribution < -0.4 is 0 Å². The summed E-state index contributed by atoms with van der Waals surface area (Å²) in [5.74, 6) is 0. The summed E-state index contributed by atoms with van der Waals surface area (Å²) in [6, 6.07) is 12.3. The van der Waals surface area contributed by atoms with E-state index in [9.17, 15) is 0 Å². The first kappa shape index (κ1) is 10.6. The Morgan fingerprint density at radius 2 is 2.12 bits per heavy atom. The molecule has 0 radical (unpaired) electrons. The van der Waals surface area contributed by atoms with Crippen LogP contribution in [0.1, 0.15) is 0 Å². The van der Waals surface area contributed by atoms with Gasteiger partial charge in [-0.2, -0.15) is 0 Å². The predicted molar refractivity (Wildman–Crippen MR) is 74.9 cm³/mol.